The first-order chi connectivity index (χ1) is 6.22. The van der Waals surface area contributed by atoms with Gasteiger partial charge in [-0.25, -0.2) is 0 Å². The second-order valence-electron chi connectivity index (χ2n) is 4.65. The zero-order valence-electron chi connectivity index (χ0n) is 8.92. The Morgan fingerprint density at radius 2 is 1.77 bits per heavy atom. The highest BCUT2D eigenvalue weighted by Gasteiger charge is 2.22. The fourth-order valence-corrected chi connectivity index (χ4v) is 2.50. The number of nitrogens with one attached hydrogen (secondary N) is 1. The second-order valence-corrected chi connectivity index (χ2v) is 4.65. The molecule has 2 atom stereocenters. The largest absolute Gasteiger partial charge is 0.396 e. The maximum absolute atomic E-state index is 8.66. The van der Waals surface area contributed by atoms with Crippen molar-refractivity contribution in [2.24, 2.45) is 11.8 Å². The first-order valence-electron chi connectivity index (χ1n) is 5.56. The Morgan fingerprint density at radius 3 is 2.31 bits per heavy atom. The van der Waals surface area contributed by atoms with E-state index in [1.165, 1.54) is 19.3 Å². The molecule has 2 heteroatoms. The number of rotatable bonds is 4. The summed E-state index contributed by atoms with van der Waals surface area (Å²) in [4.78, 5) is 0. The SMILES string of the molecule is C[C@H]1CC(NCCCO)C[C@H](C)C1. The van der Waals surface area contributed by atoms with Gasteiger partial charge in [0.1, 0.15) is 0 Å². The van der Waals surface area contributed by atoms with Crippen molar-refractivity contribution in [1.29, 1.82) is 0 Å². The molecular weight excluding hydrogens is 162 g/mol. The van der Waals surface area contributed by atoms with Gasteiger partial charge in [-0.15, -0.1) is 0 Å². The van der Waals surface area contributed by atoms with Gasteiger partial charge in [-0.1, -0.05) is 13.8 Å². The number of hydrogen-bond donors (Lipinski definition) is 2. The molecule has 0 aromatic carbocycles. The molecule has 13 heavy (non-hydrogen) atoms. The maximum Gasteiger partial charge on any atom is 0.0443 e. The fraction of sp³-hybridized carbons (Fsp3) is 1.00. The molecule has 0 saturated heterocycles. The van der Waals surface area contributed by atoms with Crippen LogP contribution >= 0.6 is 0 Å². The summed E-state index contributed by atoms with van der Waals surface area (Å²) in [6.07, 6.45) is 4.91. The van der Waals surface area contributed by atoms with Gasteiger partial charge in [0, 0.05) is 12.6 Å². The van der Waals surface area contributed by atoms with E-state index in [1.807, 2.05) is 0 Å². The van der Waals surface area contributed by atoms with Crippen LogP contribution in [0.4, 0.5) is 0 Å². The summed E-state index contributed by atoms with van der Waals surface area (Å²) in [5.74, 6) is 1.74. The predicted octanol–water partition coefficient (Wildman–Crippen LogP) is 1.78. The summed E-state index contributed by atoms with van der Waals surface area (Å²) in [5.41, 5.74) is 0. The molecule has 1 aliphatic rings. The molecule has 1 saturated carbocycles. The van der Waals surface area contributed by atoms with E-state index in [0.717, 1.165) is 24.8 Å². The van der Waals surface area contributed by atoms with Gasteiger partial charge in [-0.2, -0.15) is 0 Å². The van der Waals surface area contributed by atoms with Gasteiger partial charge in [0.25, 0.3) is 0 Å². The molecule has 0 heterocycles. The Balaban J connectivity index is 2.17. The summed E-state index contributed by atoms with van der Waals surface area (Å²) >= 11 is 0. The number of hydrogen-bond acceptors (Lipinski definition) is 2. The van der Waals surface area contributed by atoms with Crippen LogP contribution in [0.1, 0.15) is 39.5 Å². The van der Waals surface area contributed by atoms with Crippen molar-refractivity contribution >= 4 is 0 Å². The highest BCUT2D eigenvalue weighted by molar-refractivity contribution is 4.79. The van der Waals surface area contributed by atoms with Crippen LogP contribution in [-0.4, -0.2) is 24.3 Å². The molecule has 1 rings (SSSR count). The molecule has 2 N–H and O–H groups in total. The highest BCUT2D eigenvalue weighted by atomic mass is 16.3. The molecule has 78 valence electrons. The number of aliphatic hydroxyl groups excluding tert-OH is 1. The molecule has 1 fully saturated rings. The summed E-state index contributed by atoms with van der Waals surface area (Å²) in [6, 6.07) is 0.699. The first-order valence-corrected chi connectivity index (χ1v) is 5.56. The van der Waals surface area contributed by atoms with E-state index < -0.39 is 0 Å². The lowest BCUT2D eigenvalue weighted by atomic mass is 9.80. The second kappa shape index (κ2) is 5.61. The average Bonchev–Trinajstić information content (AvgIpc) is 2.03. The van der Waals surface area contributed by atoms with Crippen molar-refractivity contribution in [3.63, 3.8) is 0 Å². The lowest BCUT2D eigenvalue weighted by Crippen LogP contribution is -2.37. The molecule has 0 aromatic heterocycles. The highest BCUT2D eigenvalue weighted by Crippen LogP contribution is 2.28. The summed E-state index contributed by atoms with van der Waals surface area (Å²) in [6.45, 7) is 5.97. The van der Waals surface area contributed by atoms with Crippen LogP contribution in [-0.2, 0) is 0 Å². The van der Waals surface area contributed by atoms with E-state index in [-0.39, 0.29) is 0 Å². The van der Waals surface area contributed by atoms with Crippen LogP contribution in [0, 0.1) is 11.8 Å². The molecule has 0 aromatic rings. The van der Waals surface area contributed by atoms with E-state index >= 15 is 0 Å². The summed E-state index contributed by atoms with van der Waals surface area (Å²) in [5, 5.41) is 12.2. The molecule has 0 radical (unpaired) electrons. The zero-order chi connectivity index (χ0) is 9.68. The Hall–Kier alpha value is -0.0800. The van der Waals surface area contributed by atoms with Gasteiger partial charge >= 0.3 is 0 Å². The van der Waals surface area contributed by atoms with Crippen LogP contribution in [0.3, 0.4) is 0 Å². The number of aliphatic hydroxyl groups is 1. The van der Waals surface area contributed by atoms with E-state index in [9.17, 15) is 0 Å². The normalized spacial score (nSPS) is 34.8. The molecule has 0 amide bonds. The van der Waals surface area contributed by atoms with Gasteiger partial charge in [0.05, 0.1) is 0 Å². The average molecular weight is 185 g/mol. The third kappa shape index (κ3) is 4.10. The third-order valence-electron chi connectivity index (χ3n) is 2.95. The van der Waals surface area contributed by atoms with Crippen LogP contribution < -0.4 is 5.32 Å². The topological polar surface area (TPSA) is 32.3 Å². The molecule has 0 unspecified atom stereocenters. The summed E-state index contributed by atoms with van der Waals surface area (Å²) < 4.78 is 0. The molecule has 2 nitrogen and oxygen atoms in total. The lowest BCUT2D eigenvalue weighted by Gasteiger charge is -2.32. The minimum atomic E-state index is 0.310. The predicted molar refractivity (Wildman–Crippen MR) is 55.7 cm³/mol. The molecular formula is C11H23NO. The van der Waals surface area contributed by atoms with Crippen LogP contribution in [0.25, 0.3) is 0 Å². The summed E-state index contributed by atoms with van der Waals surface area (Å²) in [7, 11) is 0. The molecule has 0 bridgehead atoms. The van der Waals surface area contributed by atoms with Crippen molar-refractivity contribution in [3.8, 4) is 0 Å². The Bertz CT molecular complexity index is 128. The Kier molecular flexibility index (Phi) is 4.74. The van der Waals surface area contributed by atoms with Crippen LogP contribution in [0.15, 0.2) is 0 Å². The Morgan fingerprint density at radius 1 is 1.15 bits per heavy atom. The van der Waals surface area contributed by atoms with E-state index in [1.54, 1.807) is 0 Å². The first kappa shape index (κ1) is 11.0. The van der Waals surface area contributed by atoms with Crippen molar-refractivity contribution in [3.05, 3.63) is 0 Å². The monoisotopic (exact) mass is 185 g/mol. The van der Waals surface area contributed by atoms with Crippen LogP contribution in [0.2, 0.25) is 0 Å². The Labute approximate surface area is 81.7 Å². The third-order valence-corrected chi connectivity index (χ3v) is 2.95. The zero-order valence-corrected chi connectivity index (χ0v) is 8.92. The van der Waals surface area contributed by atoms with Gasteiger partial charge in [-0.05, 0) is 44.1 Å². The minimum absolute atomic E-state index is 0.310. The molecule has 0 aliphatic heterocycles. The fourth-order valence-electron chi connectivity index (χ4n) is 2.50. The van der Waals surface area contributed by atoms with Crippen molar-refractivity contribution in [1.82, 2.24) is 5.32 Å². The molecule has 1 aliphatic carbocycles. The van der Waals surface area contributed by atoms with Crippen molar-refractivity contribution in [2.45, 2.75) is 45.6 Å². The standard InChI is InChI=1S/C11H23NO/c1-9-6-10(2)8-11(7-9)12-4-3-5-13/h9-13H,3-8H2,1-2H3/t9-,10-/m1/s1. The lowest BCUT2D eigenvalue weighted by molar-refractivity contribution is 0.230. The minimum Gasteiger partial charge on any atom is -0.396 e. The van der Waals surface area contributed by atoms with Crippen molar-refractivity contribution in [2.75, 3.05) is 13.2 Å². The van der Waals surface area contributed by atoms with E-state index in [4.69, 9.17) is 5.11 Å². The van der Waals surface area contributed by atoms with Gasteiger partial charge < -0.3 is 10.4 Å². The van der Waals surface area contributed by atoms with Gasteiger partial charge in [0.15, 0.2) is 0 Å². The van der Waals surface area contributed by atoms with Gasteiger partial charge in [-0.3, -0.25) is 0 Å². The van der Waals surface area contributed by atoms with E-state index in [0.29, 0.717) is 12.6 Å². The van der Waals surface area contributed by atoms with Crippen LogP contribution in [0.5, 0.6) is 0 Å². The quantitative estimate of drug-likeness (QED) is 0.654. The van der Waals surface area contributed by atoms with E-state index in [2.05, 4.69) is 19.2 Å². The van der Waals surface area contributed by atoms with Crippen molar-refractivity contribution < 1.29 is 5.11 Å². The van der Waals surface area contributed by atoms with Gasteiger partial charge in [0.2, 0.25) is 0 Å². The molecule has 0 spiro atoms. The maximum atomic E-state index is 8.66. The smallest absolute Gasteiger partial charge is 0.0443 e.